The van der Waals surface area contributed by atoms with Gasteiger partial charge in [-0.05, 0) is 6.42 Å². The summed E-state index contributed by atoms with van der Waals surface area (Å²) in [6.45, 7) is 6.43. The van der Waals surface area contributed by atoms with Gasteiger partial charge < -0.3 is 39.4 Å². The van der Waals surface area contributed by atoms with Gasteiger partial charge in [0.05, 0.1) is 12.6 Å². The molecule has 1 aliphatic rings. The summed E-state index contributed by atoms with van der Waals surface area (Å²) >= 11 is 0. The molecule has 0 spiro atoms. The van der Waals surface area contributed by atoms with E-state index in [1.807, 2.05) is 0 Å². The fraction of sp³-hybridized carbons (Fsp3) is 0.815. The van der Waals surface area contributed by atoms with Crippen LogP contribution in [0.5, 0.6) is 0 Å². The Morgan fingerprint density at radius 2 is 1.40 bits per heavy atom. The Hall–Kier alpha value is -2.93. The van der Waals surface area contributed by atoms with Gasteiger partial charge in [-0.25, -0.2) is 4.79 Å². The van der Waals surface area contributed by atoms with Crippen molar-refractivity contribution in [3.05, 3.63) is 0 Å². The summed E-state index contributed by atoms with van der Waals surface area (Å²) < 4.78 is 27.8. The molecular formula is C27H46N2O11. The predicted octanol–water partition coefficient (Wildman–Crippen LogP) is 2.83. The Morgan fingerprint density at radius 1 is 0.825 bits per heavy atom. The minimum absolute atomic E-state index is 0.116. The Morgan fingerprint density at radius 3 is 1.93 bits per heavy atom. The lowest BCUT2D eigenvalue weighted by molar-refractivity contribution is -0.278. The van der Waals surface area contributed by atoms with Crippen molar-refractivity contribution >= 4 is 29.9 Å². The second-order valence-corrected chi connectivity index (χ2v) is 9.96. The zero-order valence-electron chi connectivity index (χ0n) is 24.3. The van der Waals surface area contributed by atoms with E-state index >= 15 is 0 Å². The molecule has 6 atom stereocenters. The van der Waals surface area contributed by atoms with Crippen LogP contribution in [0.2, 0.25) is 0 Å². The molecule has 0 aromatic heterocycles. The first-order chi connectivity index (χ1) is 18.9. The molecule has 1 heterocycles. The van der Waals surface area contributed by atoms with Gasteiger partial charge in [0.1, 0.15) is 18.8 Å². The molecule has 13 nitrogen and oxygen atoms in total. The van der Waals surface area contributed by atoms with E-state index in [1.54, 1.807) is 0 Å². The van der Waals surface area contributed by atoms with Gasteiger partial charge in [0.2, 0.25) is 5.91 Å². The molecule has 0 unspecified atom stereocenters. The highest BCUT2D eigenvalue weighted by Gasteiger charge is 2.51. The van der Waals surface area contributed by atoms with Gasteiger partial charge >= 0.3 is 24.0 Å². The van der Waals surface area contributed by atoms with Crippen molar-refractivity contribution in [1.82, 2.24) is 10.6 Å². The number of ether oxygens (including phenoxy) is 5. The van der Waals surface area contributed by atoms with E-state index in [1.165, 1.54) is 39.5 Å². The Labute approximate surface area is 235 Å². The third kappa shape index (κ3) is 14.5. The molecule has 0 aromatic carbocycles. The number of hydrogen-bond donors (Lipinski definition) is 3. The Kier molecular flexibility index (Phi) is 16.8. The average Bonchev–Trinajstić information content (AvgIpc) is 2.84. The first kappa shape index (κ1) is 35.1. The summed E-state index contributed by atoms with van der Waals surface area (Å²) in [4.78, 5) is 58.8. The second kappa shape index (κ2) is 19.2. The summed E-state index contributed by atoms with van der Waals surface area (Å²) in [5.41, 5.74) is 0. The third-order valence-corrected chi connectivity index (χ3v) is 6.27. The molecule has 2 amide bonds. The third-order valence-electron chi connectivity index (χ3n) is 6.27. The lowest BCUT2D eigenvalue weighted by Gasteiger charge is -2.45. The van der Waals surface area contributed by atoms with E-state index in [9.17, 15) is 29.1 Å². The molecular weight excluding hydrogens is 528 g/mol. The number of nitrogens with one attached hydrogen (secondary N) is 2. The smallest absolute Gasteiger partial charge is 0.404 e. The van der Waals surface area contributed by atoms with Gasteiger partial charge in [0, 0.05) is 27.7 Å². The molecule has 1 aliphatic heterocycles. The zero-order valence-corrected chi connectivity index (χ0v) is 24.3. The molecule has 1 rings (SSSR count). The molecule has 0 aliphatic carbocycles. The van der Waals surface area contributed by atoms with Crippen molar-refractivity contribution in [2.24, 2.45) is 0 Å². The number of carboxylic acid groups (broad SMARTS) is 1. The van der Waals surface area contributed by atoms with Crippen LogP contribution in [-0.2, 0) is 42.9 Å². The van der Waals surface area contributed by atoms with Crippen LogP contribution in [0, 0.1) is 0 Å². The molecule has 0 saturated carbocycles. The van der Waals surface area contributed by atoms with E-state index in [0.717, 1.165) is 39.5 Å². The molecule has 1 fully saturated rings. The van der Waals surface area contributed by atoms with Crippen LogP contribution in [0.1, 0.15) is 92.4 Å². The van der Waals surface area contributed by atoms with Crippen LogP contribution < -0.4 is 10.6 Å². The minimum Gasteiger partial charge on any atom is -0.465 e. The predicted molar refractivity (Wildman–Crippen MR) is 142 cm³/mol. The minimum atomic E-state index is -1.25. The van der Waals surface area contributed by atoms with Gasteiger partial charge in [0.15, 0.2) is 18.5 Å². The Balaban J connectivity index is 3.03. The molecule has 3 N–H and O–H groups in total. The standard InChI is InChI=1S/C27H46N2O11/c1-6-7-8-9-10-11-12-13-14-21(29-27(34)35)15-37-26-23(28-17(2)30)25(39-20(5)33)24(38-19(4)32)22(40-26)16-36-18(3)31/h21-26,29H,6-16H2,1-5H3,(H,28,30)(H,34,35)/t21-,22-,23-,24-,25-,26-/m1/s1. The van der Waals surface area contributed by atoms with Crippen LogP contribution in [0.15, 0.2) is 0 Å². The van der Waals surface area contributed by atoms with Crippen LogP contribution in [-0.4, -0.2) is 84.9 Å². The van der Waals surface area contributed by atoms with Crippen molar-refractivity contribution < 1.29 is 52.8 Å². The lowest BCUT2D eigenvalue weighted by atomic mass is 9.96. The van der Waals surface area contributed by atoms with E-state index < -0.39 is 66.6 Å². The molecule has 40 heavy (non-hydrogen) atoms. The average molecular weight is 575 g/mol. The van der Waals surface area contributed by atoms with Crippen molar-refractivity contribution in [3.63, 3.8) is 0 Å². The Bertz CT molecular complexity index is 822. The molecule has 13 heteroatoms. The highest BCUT2D eigenvalue weighted by atomic mass is 16.7. The summed E-state index contributed by atoms with van der Waals surface area (Å²) in [5.74, 6) is -2.55. The normalized spacial score (nSPS) is 23.0. The number of rotatable bonds is 18. The largest absolute Gasteiger partial charge is 0.465 e. The van der Waals surface area contributed by atoms with E-state index in [4.69, 9.17) is 23.7 Å². The van der Waals surface area contributed by atoms with Gasteiger partial charge in [-0.1, -0.05) is 58.3 Å². The van der Waals surface area contributed by atoms with Crippen LogP contribution in [0.3, 0.4) is 0 Å². The van der Waals surface area contributed by atoms with Gasteiger partial charge in [0.25, 0.3) is 0 Å². The van der Waals surface area contributed by atoms with Crippen molar-refractivity contribution in [2.45, 2.75) is 129 Å². The van der Waals surface area contributed by atoms with Crippen LogP contribution >= 0.6 is 0 Å². The maximum atomic E-state index is 12.1. The number of hydrogen-bond acceptors (Lipinski definition) is 10. The topological polar surface area (TPSA) is 176 Å². The quantitative estimate of drug-likeness (QED) is 0.125. The number of esters is 3. The fourth-order valence-electron chi connectivity index (χ4n) is 4.54. The number of amides is 2. The van der Waals surface area contributed by atoms with Crippen molar-refractivity contribution in [3.8, 4) is 0 Å². The highest BCUT2D eigenvalue weighted by Crippen LogP contribution is 2.28. The SMILES string of the molecule is CCCCCCCCCC[C@H](CO[C@@H]1O[C@H](COC(C)=O)[C@@H](OC(C)=O)[C@H](OC(C)=O)[C@H]1NC(C)=O)NC(=O)O. The zero-order chi connectivity index (χ0) is 30.1. The summed E-state index contributed by atoms with van der Waals surface area (Å²) in [6, 6.07) is -1.70. The van der Waals surface area contributed by atoms with Crippen LogP contribution in [0.25, 0.3) is 0 Å². The first-order valence-electron chi connectivity index (χ1n) is 14.0. The summed E-state index contributed by atoms with van der Waals surface area (Å²) in [7, 11) is 0. The maximum Gasteiger partial charge on any atom is 0.404 e. The van der Waals surface area contributed by atoms with Gasteiger partial charge in [-0.3, -0.25) is 19.2 Å². The number of unbranched alkanes of at least 4 members (excludes halogenated alkanes) is 7. The van der Waals surface area contributed by atoms with E-state index in [2.05, 4.69) is 17.6 Å². The van der Waals surface area contributed by atoms with E-state index in [0.29, 0.717) is 6.42 Å². The number of carbonyl (C=O) groups excluding carboxylic acids is 4. The number of carbonyl (C=O) groups is 5. The van der Waals surface area contributed by atoms with Crippen LogP contribution in [0.4, 0.5) is 4.79 Å². The monoisotopic (exact) mass is 574 g/mol. The van der Waals surface area contributed by atoms with Crippen molar-refractivity contribution in [1.29, 1.82) is 0 Å². The highest BCUT2D eigenvalue weighted by molar-refractivity contribution is 5.73. The van der Waals surface area contributed by atoms with Gasteiger partial charge in [-0.2, -0.15) is 0 Å². The maximum absolute atomic E-state index is 12.1. The first-order valence-corrected chi connectivity index (χ1v) is 14.0. The molecule has 0 radical (unpaired) electrons. The fourth-order valence-corrected chi connectivity index (χ4v) is 4.54. The summed E-state index contributed by atoms with van der Waals surface area (Å²) in [5, 5.41) is 14.4. The van der Waals surface area contributed by atoms with E-state index in [-0.39, 0.29) is 13.2 Å². The summed E-state index contributed by atoms with van der Waals surface area (Å²) in [6.07, 6.45) is 3.19. The molecule has 230 valence electrons. The molecule has 1 saturated heterocycles. The lowest BCUT2D eigenvalue weighted by Crippen LogP contribution is -2.66. The van der Waals surface area contributed by atoms with Crippen molar-refractivity contribution in [2.75, 3.05) is 13.2 Å². The molecule has 0 aromatic rings. The second-order valence-electron chi connectivity index (χ2n) is 9.96. The van der Waals surface area contributed by atoms with Gasteiger partial charge in [-0.15, -0.1) is 0 Å². The molecule has 0 bridgehead atoms.